The van der Waals surface area contributed by atoms with Gasteiger partial charge in [-0.1, -0.05) is 19.1 Å². The lowest BCUT2D eigenvalue weighted by molar-refractivity contribution is -0.0644. The zero-order valence-electron chi connectivity index (χ0n) is 18.1. The third-order valence-electron chi connectivity index (χ3n) is 6.58. The number of hydrogen-bond acceptors (Lipinski definition) is 3. The molecule has 0 unspecified atom stereocenters. The molecule has 0 amide bonds. The van der Waals surface area contributed by atoms with E-state index in [-0.39, 0.29) is 10.9 Å². The number of hydrogen-bond donors (Lipinski definition) is 2. The largest absolute Gasteiger partial charge is 0.504 e. The summed E-state index contributed by atoms with van der Waals surface area (Å²) in [5.41, 5.74) is 1.90. The fourth-order valence-corrected chi connectivity index (χ4v) is 4.65. The van der Waals surface area contributed by atoms with Gasteiger partial charge in [0.25, 0.3) is 0 Å². The number of phenolic OH excluding ortho intramolecular Hbond substituents is 1. The smallest absolute Gasteiger partial charge is 0.335 e. The minimum atomic E-state index is -1.10. The Bertz CT molecular complexity index is 1430. The van der Waals surface area contributed by atoms with E-state index in [0.717, 1.165) is 18.2 Å². The van der Waals surface area contributed by atoms with Crippen LogP contribution >= 0.6 is 0 Å². The Balaban J connectivity index is 1.94. The molecule has 0 atom stereocenters. The number of carboxylic acids is 1. The van der Waals surface area contributed by atoms with Crippen LogP contribution in [-0.4, -0.2) is 34.0 Å². The molecule has 1 aliphatic rings. The summed E-state index contributed by atoms with van der Waals surface area (Å²) in [4.78, 5) is 11.4. The fourth-order valence-electron chi connectivity index (χ4n) is 4.65. The molecule has 0 radical (unpaired) electrons. The molecule has 0 saturated carbocycles. The molecule has 8 heteroatoms. The van der Waals surface area contributed by atoms with E-state index < -0.39 is 34.6 Å². The lowest BCUT2D eigenvalue weighted by Crippen LogP contribution is -2.47. The van der Waals surface area contributed by atoms with Crippen molar-refractivity contribution in [1.82, 2.24) is 4.57 Å². The van der Waals surface area contributed by atoms with Crippen LogP contribution in [0, 0.1) is 17.5 Å². The highest BCUT2D eigenvalue weighted by Crippen LogP contribution is 2.49. The maximum absolute atomic E-state index is 14.6. The number of carbonyl (C=O) groups is 1. The Hall–Kier alpha value is -3.78. The van der Waals surface area contributed by atoms with Gasteiger partial charge in [0.15, 0.2) is 23.2 Å². The second-order valence-corrected chi connectivity index (χ2v) is 8.46. The molecule has 0 aliphatic carbocycles. The second-order valence-electron chi connectivity index (χ2n) is 8.46. The first-order chi connectivity index (χ1) is 16.3. The number of aromatic nitrogens is 1. The number of rotatable bonds is 5. The van der Waals surface area contributed by atoms with Gasteiger partial charge >= 0.3 is 5.97 Å². The minimum absolute atomic E-state index is 0.0715. The van der Waals surface area contributed by atoms with Crippen molar-refractivity contribution in [2.75, 3.05) is 13.2 Å². The number of aromatic carboxylic acids is 1. The van der Waals surface area contributed by atoms with Gasteiger partial charge in [0, 0.05) is 23.0 Å². The van der Waals surface area contributed by atoms with Gasteiger partial charge < -0.3 is 19.5 Å². The van der Waals surface area contributed by atoms with E-state index in [1.807, 2.05) is 6.92 Å². The minimum Gasteiger partial charge on any atom is -0.504 e. The predicted octanol–water partition coefficient (Wildman–Crippen LogP) is 5.80. The van der Waals surface area contributed by atoms with Crippen molar-refractivity contribution in [2.24, 2.45) is 0 Å². The second kappa shape index (κ2) is 7.92. The summed E-state index contributed by atoms with van der Waals surface area (Å²) in [6, 6.07) is 12.1. The molecule has 4 aromatic rings. The summed E-state index contributed by atoms with van der Waals surface area (Å²) >= 11 is 0. The number of benzene rings is 3. The Morgan fingerprint density at radius 3 is 2.24 bits per heavy atom. The Morgan fingerprint density at radius 2 is 1.68 bits per heavy atom. The molecule has 34 heavy (non-hydrogen) atoms. The zero-order valence-corrected chi connectivity index (χ0v) is 18.1. The van der Waals surface area contributed by atoms with Crippen LogP contribution in [0.2, 0.25) is 0 Å². The quantitative estimate of drug-likeness (QED) is 0.389. The van der Waals surface area contributed by atoms with Crippen molar-refractivity contribution in [3.63, 3.8) is 0 Å². The van der Waals surface area contributed by atoms with E-state index in [9.17, 15) is 28.2 Å². The number of fused-ring (bicyclic) bond motifs is 1. The van der Waals surface area contributed by atoms with Crippen LogP contribution in [0.1, 0.15) is 29.4 Å². The van der Waals surface area contributed by atoms with E-state index in [1.54, 1.807) is 16.7 Å². The molecular weight excluding hydrogens is 447 g/mol. The molecule has 5 nitrogen and oxygen atoms in total. The third-order valence-corrected chi connectivity index (χ3v) is 6.58. The average molecular weight is 467 g/mol. The summed E-state index contributed by atoms with van der Waals surface area (Å²) in [6.45, 7) is 2.65. The molecule has 0 bridgehead atoms. The van der Waals surface area contributed by atoms with Gasteiger partial charge in [-0.15, -0.1) is 0 Å². The zero-order chi connectivity index (χ0) is 24.2. The van der Waals surface area contributed by atoms with Gasteiger partial charge in [-0.05, 0) is 48.4 Å². The molecule has 2 heterocycles. The van der Waals surface area contributed by atoms with E-state index in [2.05, 4.69) is 0 Å². The van der Waals surface area contributed by atoms with Crippen LogP contribution in [0.25, 0.3) is 27.7 Å². The Morgan fingerprint density at radius 1 is 1.00 bits per heavy atom. The van der Waals surface area contributed by atoms with Gasteiger partial charge in [-0.3, -0.25) is 0 Å². The van der Waals surface area contributed by atoms with Crippen molar-refractivity contribution in [3.8, 4) is 22.6 Å². The molecule has 1 aliphatic heterocycles. The lowest BCUT2D eigenvalue weighted by Gasteiger charge is -2.42. The average Bonchev–Trinajstić information content (AvgIpc) is 3.14. The molecule has 1 saturated heterocycles. The van der Waals surface area contributed by atoms with Gasteiger partial charge in [0.2, 0.25) is 0 Å². The first kappa shape index (κ1) is 22.0. The van der Waals surface area contributed by atoms with E-state index >= 15 is 0 Å². The molecular formula is C26H20F3NO4. The first-order valence-corrected chi connectivity index (χ1v) is 10.7. The monoisotopic (exact) mass is 467 g/mol. The van der Waals surface area contributed by atoms with Gasteiger partial charge in [-0.25, -0.2) is 18.0 Å². The summed E-state index contributed by atoms with van der Waals surface area (Å²) in [6.07, 6.45) is 0.621. The van der Waals surface area contributed by atoms with Crippen molar-refractivity contribution in [1.29, 1.82) is 0 Å². The number of aromatic hydroxyl groups is 1. The molecule has 1 fully saturated rings. The van der Waals surface area contributed by atoms with E-state index in [1.165, 1.54) is 24.3 Å². The van der Waals surface area contributed by atoms with Crippen LogP contribution in [0.5, 0.6) is 5.75 Å². The van der Waals surface area contributed by atoms with Crippen molar-refractivity contribution >= 4 is 16.9 Å². The third kappa shape index (κ3) is 3.17. The lowest BCUT2D eigenvalue weighted by atomic mass is 9.76. The van der Waals surface area contributed by atoms with E-state index in [0.29, 0.717) is 47.7 Å². The number of ether oxygens (including phenoxy) is 1. The van der Waals surface area contributed by atoms with Crippen LogP contribution in [0.15, 0.2) is 54.6 Å². The van der Waals surface area contributed by atoms with Crippen LogP contribution in [0.3, 0.4) is 0 Å². The first-order valence-electron chi connectivity index (χ1n) is 10.7. The van der Waals surface area contributed by atoms with Gasteiger partial charge in [0.1, 0.15) is 0 Å². The number of nitrogens with zero attached hydrogens (tertiary/aromatic N) is 1. The normalized spacial score (nSPS) is 14.8. The molecule has 0 spiro atoms. The number of phenols is 1. The molecule has 5 rings (SSSR count). The molecule has 174 valence electrons. The molecule has 1 aromatic heterocycles. The van der Waals surface area contributed by atoms with Crippen molar-refractivity contribution < 1.29 is 32.9 Å². The fraction of sp³-hybridized carbons (Fsp3) is 0.192. The van der Waals surface area contributed by atoms with Gasteiger partial charge in [0.05, 0.1) is 35.1 Å². The highest BCUT2D eigenvalue weighted by molar-refractivity contribution is 6.04. The summed E-state index contributed by atoms with van der Waals surface area (Å²) in [5, 5.41) is 20.3. The highest BCUT2D eigenvalue weighted by Gasteiger charge is 2.44. The van der Waals surface area contributed by atoms with E-state index in [4.69, 9.17) is 4.74 Å². The van der Waals surface area contributed by atoms with Crippen LogP contribution < -0.4 is 0 Å². The Kier molecular flexibility index (Phi) is 5.13. The maximum Gasteiger partial charge on any atom is 0.335 e. The maximum atomic E-state index is 14.6. The van der Waals surface area contributed by atoms with Crippen molar-refractivity contribution in [3.05, 3.63) is 83.3 Å². The number of carboxylic acid groups (broad SMARTS) is 1. The SMILES string of the molecule is CCC1(c2c(-c3ccc(C(=O)O)cc3)c3c(O)c(F)ccc3n2-c2ccc(F)c(F)c2)COC1. The topological polar surface area (TPSA) is 71.7 Å². The Labute approximate surface area is 192 Å². The van der Waals surface area contributed by atoms with Crippen LogP contribution in [-0.2, 0) is 10.2 Å². The van der Waals surface area contributed by atoms with Gasteiger partial charge in [-0.2, -0.15) is 0 Å². The van der Waals surface area contributed by atoms with Crippen LogP contribution in [0.4, 0.5) is 13.2 Å². The van der Waals surface area contributed by atoms with Crippen molar-refractivity contribution in [2.45, 2.75) is 18.8 Å². The molecule has 2 N–H and O–H groups in total. The predicted molar refractivity (Wildman–Crippen MR) is 120 cm³/mol. The summed E-state index contributed by atoms with van der Waals surface area (Å²) in [7, 11) is 0. The number of halogens is 3. The summed E-state index contributed by atoms with van der Waals surface area (Å²) < 4.78 is 49.9. The molecule has 3 aromatic carbocycles. The standard InChI is InChI=1S/C26H20F3NO4/c1-2-26(12-34-13-26)24-21(14-3-5-15(6-4-14)25(32)33)22-20(10-9-18(28)23(22)31)30(24)16-7-8-17(27)19(29)11-16/h3-11,31H,2,12-13H2,1H3,(H,32,33). The highest BCUT2D eigenvalue weighted by atomic mass is 19.2. The summed E-state index contributed by atoms with van der Waals surface area (Å²) in [5.74, 6) is -4.55.